The van der Waals surface area contributed by atoms with Crippen LogP contribution in [0.25, 0.3) is 0 Å². The number of hydrogen-bond donors (Lipinski definition) is 0. The Kier molecular flexibility index (Phi) is 4.93. The van der Waals surface area contributed by atoms with Crippen LogP contribution in [0.4, 0.5) is 0 Å². The fourth-order valence-corrected chi connectivity index (χ4v) is 2.07. The maximum Gasteiger partial charge on any atom is -0.00672 e. The Bertz CT molecular complexity index is 182. The van der Waals surface area contributed by atoms with Gasteiger partial charge in [-0.15, -0.1) is 0 Å². The van der Waals surface area contributed by atoms with E-state index in [1.165, 1.54) is 29.9 Å². The standard InChI is InChI=1S/C7H8.C4H8S/c1-7-5-3-2-4-6-7;1-2-4-5-3-1/h2-6H,1H3;1-4H2. The molecule has 0 bridgehead atoms. The number of benzene rings is 1. The molecule has 66 valence electrons. The van der Waals surface area contributed by atoms with Crippen molar-refractivity contribution in [3.63, 3.8) is 0 Å². The second-order valence-corrected chi connectivity index (χ2v) is 4.20. The minimum Gasteiger partial charge on any atom is -0.162 e. The molecule has 1 heterocycles. The monoisotopic (exact) mass is 180 g/mol. The van der Waals surface area contributed by atoms with E-state index in [1.807, 2.05) is 18.2 Å². The Labute approximate surface area is 79.4 Å². The Morgan fingerprint density at radius 3 is 1.83 bits per heavy atom. The van der Waals surface area contributed by atoms with Gasteiger partial charge in [0.25, 0.3) is 0 Å². The van der Waals surface area contributed by atoms with Crippen molar-refractivity contribution in [3.05, 3.63) is 35.9 Å². The first-order chi connectivity index (χ1) is 5.89. The molecule has 1 fully saturated rings. The van der Waals surface area contributed by atoms with Crippen LogP contribution >= 0.6 is 11.8 Å². The van der Waals surface area contributed by atoms with Gasteiger partial charge in [0.15, 0.2) is 0 Å². The molecule has 2 rings (SSSR count). The zero-order valence-corrected chi connectivity index (χ0v) is 8.44. The van der Waals surface area contributed by atoms with Gasteiger partial charge in [0.1, 0.15) is 0 Å². The molecule has 1 aliphatic rings. The highest BCUT2D eigenvalue weighted by Gasteiger charge is 1.95. The summed E-state index contributed by atoms with van der Waals surface area (Å²) in [5, 5.41) is 0. The van der Waals surface area contributed by atoms with E-state index in [1.54, 1.807) is 0 Å². The first-order valence-electron chi connectivity index (χ1n) is 4.49. The fourth-order valence-electron chi connectivity index (χ4n) is 1.04. The Balaban J connectivity index is 0.000000127. The van der Waals surface area contributed by atoms with E-state index in [0.29, 0.717) is 0 Å². The molecule has 0 radical (unpaired) electrons. The van der Waals surface area contributed by atoms with E-state index in [-0.39, 0.29) is 0 Å². The minimum atomic E-state index is 1.32. The number of aryl methyl sites for hydroxylation is 1. The van der Waals surface area contributed by atoms with E-state index in [2.05, 4.69) is 30.8 Å². The van der Waals surface area contributed by atoms with Crippen molar-refractivity contribution < 1.29 is 0 Å². The SMILES string of the molecule is C1CCSC1.Cc1ccccc1. The molecule has 0 spiro atoms. The van der Waals surface area contributed by atoms with Crippen LogP contribution in [0.5, 0.6) is 0 Å². The topological polar surface area (TPSA) is 0 Å². The highest BCUT2D eigenvalue weighted by molar-refractivity contribution is 7.99. The molecule has 12 heavy (non-hydrogen) atoms. The Morgan fingerprint density at radius 1 is 1.00 bits per heavy atom. The van der Waals surface area contributed by atoms with E-state index >= 15 is 0 Å². The molecule has 0 nitrogen and oxygen atoms in total. The van der Waals surface area contributed by atoms with Crippen LogP contribution < -0.4 is 0 Å². The van der Waals surface area contributed by atoms with E-state index in [4.69, 9.17) is 0 Å². The van der Waals surface area contributed by atoms with Gasteiger partial charge in [0, 0.05) is 0 Å². The quantitative estimate of drug-likeness (QED) is 0.589. The molecule has 1 aliphatic heterocycles. The molecule has 0 aromatic heterocycles. The molecule has 1 heteroatoms. The van der Waals surface area contributed by atoms with Gasteiger partial charge in [-0.1, -0.05) is 35.9 Å². The number of rotatable bonds is 0. The van der Waals surface area contributed by atoms with Crippen LogP contribution in [-0.4, -0.2) is 11.5 Å². The van der Waals surface area contributed by atoms with Crippen molar-refractivity contribution in [1.29, 1.82) is 0 Å². The molecule has 0 unspecified atom stereocenters. The molecule has 1 aromatic carbocycles. The molecule has 0 atom stereocenters. The van der Waals surface area contributed by atoms with Crippen LogP contribution in [-0.2, 0) is 0 Å². The first kappa shape index (κ1) is 9.66. The van der Waals surface area contributed by atoms with Crippen LogP contribution in [0.1, 0.15) is 18.4 Å². The molecule has 1 aromatic rings. The summed E-state index contributed by atoms with van der Waals surface area (Å²) in [6.45, 7) is 2.08. The largest absolute Gasteiger partial charge is 0.162 e. The summed E-state index contributed by atoms with van der Waals surface area (Å²) < 4.78 is 0. The molecule has 0 aliphatic carbocycles. The lowest BCUT2D eigenvalue weighted by Gasteiger charge is -1.82. The van der Waals surface area contributed by atoms with Crippen molar-refractivity contribution >= 4 is 11.8 Å². The van der Waals surface area contributed by atoms with Gasteiger partial charge in [-0.05, 0) is 31.3 Å². The maximum absolute atomic E-state index is 2.08. The van der Waals surface area contributed by atoms with Crippen LogP contribution in [0, 0.1) is 6.92 Å². The van der Waals surface area contributed by atoms with E-state index in [0.717, 1.165) is 0 Å². The summed E-state index contributed by atoms with van der Waals surface area (Å²) in [6.07, 6.45) is 2.93. The molecule has 0 saturated carbocycles. The highest BCUT2D eigenvalue weighted by Crippen LogP contribution is 2.14. The van der Waals surface area contributed by atoms with Gasteiger partial charge in [-0.3, -0.25) is 0 Å². The minimum absolute atomic E-state index is 1.32. The van der Waals surface area contributed by atoms with Gasteiger partial charge in [-0.25, -0.2) is 0 Å². The van der Waals surface area contributed by atoms with Crippen molar-refractivity contribution in [2.24, 2.45) is 0 Å². The Hall–Kier alpha value is -0.430. The third-order valence-corrected chi connectivity index (χ3v) is 2.92. The zero-order chi connectivity index (χ0) is 8.65. The molecule has 0 N–H and O–H groups in total. The normalized spacial score (nSPS) is 15.1. The van der Waals surface area contributed by atoms with Crippen molar-refractivity contribution in [2.75, 3.05) is 11.5 Å². The van der Waals surface area contributed by atoms with E-state index in [9.17, 15) is 0 Å². The molecular weight excluding hydrogens is 164 g/mol. The van der Waals surface area contributed by atoms with Gasteiger partial charge in [0.05, 0.1) is 0 Å². The average molecular weight is 180 g/mol. The summed E-state index contributed by atoms with van der Waals surface area (Å²) >= 11 is 2.07. The van der Waals surface area contributed by atoms with Gasteiger partial charge in [0.2, 0.25) is 0 Å². The second kappa shape index (κ2) is 6.13. The predicted molar refractivity (Wildman–Crippen MR) is 57.7 cm³/mol. The van der Waals surface area contributed by atoms with E-state index < -0.39 is 0 Å². The molecule has 1 saturated heterocycles. The lowest BCUT2D eigenvalue weighted by Crippen LogP contribution is -1.62. The van der Waals surface area contributed by atoms with Gasteiger partial charge < -0.3 is 0 Å². The molecular formula is C11H16S. The average Bonchev–Trinajstić information content (AvgIpc) is 2.62. The lowest BCUT2D eigenvalue weighted by molar-refractivity contribution is 0.949. The van der Waals surface area contributed by atoms with Crippen LogP contribution in [0.15, 0.2) is 30.3 Å². The summed E-state index contributed by atoms with van der Waals surface area (Å²) in [5.41, 5.74) is 1.32. The second-order valence-electron chi connectivity index (χ2n) is 2.97. The summed E-state index contributed by atoms with van der Waals surface area (Å²) in [7, 11) is 0. The third kappa shape index (κ3) is 4.45. The first-order valence-corrected chi connectivity index (χ1v) is 5.64. The maximum atomic E-state index is 2.08. The lowest BCUT2D eigenvalue weighted by atomic mass is 10.2. The van der Waals surface area contributed by atoms with Crippen LogP contribution in [0.3, 0.4) is 0 Å². The highest BCUT2D eigenvalue weighted by atomic mass is 32.2. The number of hydrogen-bond acceptors (Lipinski definition) is 1. The summed E-state index contributed by atoms with van der Waals surface area (Å²) in [6, 6.07) is 10.3. The number of thioether (sulfide) groups is 1. The predicted octanol–water partition coefficient (Wildman–Crippen LogP) is 3.51. The Morgan fingerprint density at radius 2 is 1.58 bits per heavy atom. The third-order valence-electron chi connectivity index (χ3n) is 1.77. The molecule has 0 amide bonds. The fraction of sp³-hybridized carbons (Fsp3) is 0.455. The smallest absolute Gasteiger partial charge is 0.00672 e. The summed E-state index contributed by atoms with van der Waals surface area (Å²) in [4.78, 5) is 0. The van der Waals surface area contributed by atoms with Crippen molar-refractivity contribution in [3.8, 4) is 0 Å². The summed E-state index contributed by atoms with van der Waals surface area (Å²) in [5.74, 6) is 2.83. The van der Waals surface area contributed by atoms with Gasteiger partial charge in [-0.2, -0.15) is 11.8 Å². The van der Waals surface area contributed by atoms with Crippen molar-refractivity contribution in [1.82, 2.24) is 0 Å². The zero-order valence-electron chi connectivity index (χ0n) is 7.62. The van der Waals surface area contributed by atoms with Crippen molar-refractivity contribution in [2.45, 2.75) is 19.8 Å². The van der Waals surface area contributed by atoms with Gasteiger partial charge >= 0.3 is 0 Å². The van der Waals surface area contributed by atoms with Crippen LogP contribution in [0.2, 0.25) is 0 Å².